The number of nitrogens with zero attached hydrogens (tertiary/aromatic N) is 2. The third kappa shape index (κ3) is 3.43. The molecule has 19 heavy (non-hydrogen) atoms. The van der Waals surface area contributed by atoms with E-state index in [0.29, 0.717) is 5.88 Å². The lowest BCUT2D eigenvalue weighted by molar-refractivity contribution is 0.435. The van der Waals surface area contributed by atoms with Crippen LogP contribution < -0.4 is 4.74 Å². The Labute approximate surface area is 127 Å². The molecule has 0 spiro atoms. The van der Waals surface area contributed by atoms with E-state index in [-0.39, 0.29) is 5.41 Å². The highest BCUT2D eigenvalue weighted by Gasteiger charge is 2.20. The van der Waals surface area contributed by atoms with Crippen molar-refractivity contribution < 1.29 is 4.74 Å². The van der Waals surface area contributed by atoms with Crippen molar-refractivity contribution in [2.24, 2.45) is 0 Å². The summed E-state index contributed by atoms with van der Waals surface area (Å²) >= 11 is 2.18. The summed E-state index contributed by atoms with van der Waals surface area (Å²) in [6, 6.07) is 6.23. The van der Waals surface area contributed by atoms with Crippen LogP contribution in [0.5, 0.6) is 11.6 Å². The summed E-state index contributed by atoms with van der Waals surface area (Å²) in [5.41, 5.74) is 2.44. The molecule has 0 amide bonds. The monoisotopic (exact) mass is 368 g/mol. The second kappa shape index (κ2) is 5.45. The first-order valence-corrected chi connectivity index (χ1v) is 7.20. The fraction of sp³-hybridized carbons (Fsp3) is 0.333. The largest absolute Gasteiger partial charge is 0.438 e. The summed E-state index contributed by atoms with van der Waals surface area (Å²) in [6.07, 6.45) is 3.25. The Kier molecular flexibility index (Phi) is 4.08. The fourth-order valence-electron chi connectivity index (χ4n) is 1.80. The Morgan fingerprint density at radius 3 is 2.58 bits per heavy atom. The van der Waals surface area contributed by atoms with Crippen LogP contribution in [0.25, 0.3) is 0 Å². The minimum atomic E-state index is 0.0276. The van der Waals surface area contributed by atoms with Crippen LogP contribution >= 0.6 is 22.6 Å². The van der Waals surface area contributed by atoms with Gasteiger partial charge in [0, 0.05) is 11.8 Å². The van der Waals surface area contributed by atoms with E-state index in [1.165, 1.54) is 17.5 Å². The van der Waals surface area contributed by atoms with Gasteiger partial charge in [0.25, 0.3) is 0 Å². The lowest BCUT2D eigenvalue weighted by atomic mass is 9.85. The first-order chi connectivity index (χ1) is 8.88. The molecule has 0 aliphatic carbocycles. The van der Waals surface area contributed by atoms with E-state index in [2.05, 4.69) is 72.4 Å². The summed E-state index contributed by atoms with van der Waals surface area (Å²) in [7, 11) is 0. The average Bonchev–Trinajstić information content (AvgIpc) is 2.33. The molecule has 1 aromatic carbocycles. The molecular formula is C15H17IN2O. The Bertz CT molecular complexity index is 591. The van der Waals surface area contributed by atoms with E-state index >= 15 is 0 Å². The maximum Gasteiger partial charge on any atom is 0.235 e. The molecule has 2 aromatic rings. The minimum Gasteiger partial charge on any atom is -0.438 e. The molecule has 0 bridgehead atoms. The molecule has 0 aliphatic rings. The Hall–Kier alpha value is -1.17. The Morgan fingerprint density at radius 2 is 1.95 bits per heavy atom. The maximum atomic E-state index is 5.96. The lowest BCUT2D eigenvalue weighted by Gasteiger charge is -2.23. The molecule has 0 atom stereocenters. The first kappa shape index (κ1) is 14.2. The van der Waals surface area contributed by atoms with Crippen LogP contribution in [0.15, 0.2) is 30.7 Å². The standard InChI is InChI=1S/C15H17IN2O/c1-10-5-6-13(11(7-10)15(2,3)4)19-14-12(16)8-17-9-18-14/h5-9H,1-4H3. The number of ether oxygens (including phenoxy) is 1. The summed E-state index contributed by atoms with van der Waals surface area (Å²) < 4.78 is 6.87. The van der Waals surface area contributed by atoms with E-state index in [1.54, 1.807) is 6.20 Å². The summed E-state index contributed by atoms with van der Waals surface area (Å²) in [4.78, 5) is 8.15. The highest BCUT2D eigenvalue weighted by atomic mass is 127. The molecule has 0 saturated carbocycles. The zero-order valence-electron chi connectivity index (χ0n) is 11.6. The smallest absolute Gasteiger partial charge is 0.235 e. The molecular weight excluding hydrogens is 351 g/mol. The second-order valence-corrected chi connectivity index (χ2v) is 6.69. The van der Waals surface area contributed by atoms with Crippen LogP contribution in [0.1, 0.15) is 31.9 Å². The topological polar surface area (TPSA) is 35.0 Å². The second-order valence-electron chi connectivity index (χ2n) is 5.53. The van der Waals surface area contributed by atoms with Crippen LogP contribution in [-0.2, 0) is 5.41 Å². The Morgan fingerprint density at radius 1 is 1.21 bits per heavy atom. The van der Waals surface area contributed by atoms with E-state index in [9.17, 15) is 0 Å². The average molecular weight is 368 g/mol. The number of rotatable bonds is 2. The molecule has 4 heteroatoms. The third-order valence-electron chi connectivity index (χ3n) is 2.78. The summed E-state index contributed by atoms with van der Waals surface area (Å²) in [6.45, 7) is 8.63. The van der Waals surface area contributed by atoms with Crippen molar-refractivity contribution in [2.75, 3.05) is 0 Å². The normalized spacial score (nSPS) is 11.4. The van der Waals surface area contributed by atoms with Gasteiger partial charge in [0.1, 0.15) is 12.1 Å². The number of benzene rings is 1. The quantitative estimate of drug-likeness (QED) is 0.734. The van der Waals surface area contributed by atoms with Crippen molar-refractivity contribution in [3.8, 4) is 11.6 Å². The van der Waals surface area contributed by atoms with Crippen LogP contribution in [0.2, 0.25) is 0 Å². The van der Waals surface area contributed by atoms with Gasteiger partial charge in [0.05, 0.1) is 3.57 Å². The summed E-state index contributed by atoms with van der Waals surface area (Å²) in [5, 5.41) is 0. The van der Waals surface area contributed by atoms with Crippen LogP contribution in [-0.4, -0.2) is 9.97 Å². The zero-order valence-corrected chi connectivity index (χ0v) is 13.7. The molecule has 3 nitrogen and oxygen atoms in total. The van der Waals surface area contributed by atoms with Crippen molar-refractivity contribution >= 4 is 22.6 Å². The molecule has 1 heterocycles. The number of hydrogen-bond acceptors (Lipinski definition) is 3. The fourth-order valence-corrected chi connectivity index (χ4v) is 2.21. The molecule has 0 radical (unpaired) electrons. The molecule has 0 saturated heterocycles. The van der Waals surface area contributed by atoms with Crippen LogP contribution in [0, 0.1) is 10.5 Å². The van der Waals surface area contributed by atoms with Gasteiger partial charge >= 0.3 is 0 Å². The van der Waals surface area contributed by atoms with Crippen LogP contribution in [0.4, 0.5) is 0 Å². The maximum absolute atomic E-state index is 5.96. The minimum absolute atomic E-state index is 0.0276. The molecule has 0 aliphatic heterocycles. The predicted molar refractivity (Wildman–Crippen MR) is 84.7 cm³/mol. The Balaban J connectivity index is 2.44. The third-order valence-corrected chi connectivity index (χ3v) is 3.52. The molecule has 2 rings (SSSR count). The van der Waals surface area contributed by atoms with E-state index in [4.69, 9.17) is 4.74 Å². The van der Waals surface area contributed by atoms with Crippen molar-refractivity contribution in [1.29, 1.82) is 0 Å². The lowest BCUT2D eigenvalue weighted by Crippen LogP contribution is -2.13. The van der Waals surface area contributed by atoms with Gasteiger partial charge in [-0.3, -0.25) is 0 Å². The van der Waals surface area contributed by atoms with E-state index in [1.807, 2.05) is 6.07 Å². The molecule has 1 aromatic heterocycles. The molecule has 100 valence electrons. The van der Waals surface area contributed by atoms with Gasteiger partial charge in [-0.05, 0) is 41.0 Å². The highest BCUT2D eigenvalue weighted by Crippen LogP contribution is 2.35. The molecule has 0 unspecified atom stereocenters. The van der Waals surface area contributed by atoms with Crippen molar-refractivity contribution in [1.82, 2.24) is 9.97 Å². The van der Waals surface area contributed by atoms with Gasteiger partial charge in [0.15, 0.2) is 0 Å². The number of aryl methyl sites for hydroxylation is 1. The van der Waals surface area contributed by atoms with Gasteiger partial charge in [-0.15, -0.1) is 0 Å². The van der Waals surface area contributed by atoms with Gasteiger partial charge in [0.2, 0.25) is 5.88 Å². The van der Waals surface area contributed by atoms with Crippen LogP contribution in [0.3, 0.4) is 0 Å². The zero-order chi connectivity index (χ0) is 14.0. The van der Waals surface area contributed by atoms with E-state index in [0.717, 1.165) is 9.32 Å². The first-order valence-electron chi connectivity index (χ1n) is 6.12. The SMILES string of the molecule is Cc1ccc(Oc2ncncc2I)c(C(C)(C)C)c1. The molecule has 0 fully saturated rings. The predicted octanol–water partition coefficient (Wildman–Crippen LogP) is 4.48. The van der Waals surface area contributed by atoms with Gasteiger partial charge in [-0.1, -0.05) is 38.5 Å². The van der Waals surface area contributed by atoms with E-state index < -0.39 is 0 Å². The van der Waals surface area contributed by atoms with Crippen molar-refractivity contribution in [3.05, 3.63) is 45.4 Å². The van der Waals surface area contributed by atoms with Gasteiger partial charge in [-0.25, -0.2) is 9.97 Å². The van der Waals surface area contributed by atoms with Crippen molar-refractivity contribution in [3.63, 3.8) is 0 Å². The number of hydrogen-bond donors (Lipinski definition) is 0. The van der Waals surface area contributed by atoms with Crippen molar-refractivity contribution in [2.45, 2.75) is 33.1 Å². The summed E-state index contributed by atoms with van der Waals surface area (Å²) in [5.74, 6) is 1.46. The highest BCUT2D eigenvalue weighted by molar-refractivity contribution is 14.1. The molecule has 0 N–H and O–H groups in total. The van der Waals surface area contributed by atoms with Gasteiger partial charge < -0.3 is 4.74 Å². The number of aromatic nitrogens is 2. The van der Waals surface area contributed by atoms with Gasteiger partial charge in [-0.2, -0.15) is 0 Å². The number of halogens is 1.